The van der Waals surface area contributed by atoms with E-state index in [0.717, 1.165) is 0 Å². The lowest BCUT2D eigenvalue weighted by atomic mass is 10.3. The molecule has 0 unspecified atom stereocenters. The molecule has 6 heteroatoms. The van der Waals surface area contributed by atoms with Crippen molar-refractivity contribution in [3.05, 3.63) is 40.7 Å². The summed E-state index contributed by atoms with van der Waals surface area (Å²) in [5, 5.41) is 15.4. The Bertz CT molecular complexity index is 517. The molecule has 1 aromatic carbocycles. The molecule has 0 atom stereocenters. The number of aliphatic hydroxyl groups is 1. The average Bonchev–Trinajstić information content (AvgIpc) is 2.61. The third-order valence-electron chi connectivity index (χ3n) is 1.97. The molecule has 0 amide bonds. The van der Waals surface area contributed by atoms with Gasteiger partial charge in [0.1, 0.15) is 12.4 Å². The maximum absolute atomic E-state index is 12.7. The highest BCUT2D eigenvalue weighted by molar-refractivity contribution is 7.71. The Kier molecular flexibility index (Phi) is 2.61. The largest absolute Gasteiger partial charge is 0.388 e. The SMILES string of the molecule is OCc1n[nH]c(=S)n1-c1ccc(F)cc1. The molecule has 0 aliphatic rings. The molecule has 15 heavy (non-hydrogen) atoms. The number of nitrogens with zero attached hydrogens (tertiary/aromatic N) is 2. The van der Waals surface area contributed by atoms with Crippen LogP contribution in [-0.4, -0.2) is 19.9 Å². The molecule has 0 saturated heterocycles. The lowest BCUT2D eigenvalue weighted by molar-refractivity contribution is 0.269. The number of nitrogens with one attached hydrogen (secondary N) is 1. The molecule has 0 fully saturated rings. The summed E-state index contributed by atoms with van der Waals surface area (Å²) < 4.78 is 14.6. The quantitative estimate of drug-likeness (QED) is 0.763. The van der Waals surface area contributed by atoms with Gasteiger partial charge in [0.05, 0.1) is 0 Å². The molecule has 0 aliphatic heterocycles. The van der Waals surface area contributed by atoms with Gasteiger partial charge >= 0.3 is 0 Å². The number of halogens is 1. The smallest absolute Gasteiger partial charge is 0.199 e. The molecular formula is C9H8FN3OS. The standard InChI is InChI=1S/C9H8FN3OS/c10-6-1-3-7(4-2-6)13-8(5-14)11-12-9(13)15/h1-4,14H,5H2,(H,12,15). The third-order valence-corrected chi connectivity index (χ3v) is 2.24. The second-order valence-electron chi connectivity index (χ2n) is 2.91. The van der Waals surface area contributed by atoms with Gasteiger partial charge in [-0.1, -0.05) is 0 Å². The maximum Gasteiger partial charge on any atom is 0.199 e. The van der Waals surface area contributed by atoms with Crippen molar-refractivity contribution < 1.29 is 9.50 Å². The number of benzene rings is 1. The molecule has 1 heterocycles. The minimum atomic E-state index is -0.320. The second kappa shape index (κ2) is 3.92. The molecule has 78 valence electrons. The molecule has 0 radical (unpaired) electrons. The van der Waals surface area contributed by atoms with Crippen molar-refractivity contribution in [3.63, 3.8) is 0 Å². The first kappa shape index (κ1) is 10.0. The number of aromatic nitrogens is 3. The van der Waals surface area contributed by atoms with Gasteiger partial charge in [-0.3, -0.25) is 9.67 Å². The Balaban J connectivity index is 2.57. The highest BCUT2D eigenvalue weighted by Crippen LogP contribution is 2.11. The van der Waals surface area contributed by atoms with Gasteiger partial charge in [0, 0.05) is 5.69 Å². The van der Waals surface area contributed by atoms with Gasteiger partial charge in [0.2, 0.25) is 0 Å². The van der Waals surface area contributed by atoms with Gasteiger partial charge in [-0.25, -0.2) is 4.39 Å². The molecule has 2 rings (SSSR count). The predicted octanol–water partition coefficient (Wildman–Crippen LogP) is 1.56. The van der Waals surface area contributed by atoms with Crippen molar-refractivity contribution in [1.29, 1.82) is 0 Å². The van der Waals surface area contributed by atoms with E-state index in [1.165, 1.54) is 12.1 Å². The van der Waals surface area contributed by atoms with Crippen LogP contribution in [0.5, 0.6) is 0 Å². The van der Waals surface area contributed by atoms with E-state index in [1.54, 1.807) is 16.7 Å². The zero-order chi connectivity index (χ0) is 10.8. The summed E-state index contributed by atoms with van der Waals surface area (Å²) in [6.07, 6.45) is 0. The molecule has 0 aliphatic carbocycles. The van der Waals surface area contributed by atoms with Gasteiger partial charge in [-0.15, -0.1) is 0 Å². The summed E-state index contributed by atoms with van der Waals surface area (Å²) in [6, 6.07) is 5.79. The van der Waals surface area contributed by atoms with Crippen molar-refractivity contribution in [2.24, 2.45) is 0 Å². The van der Waals surface area contributed by atoms with Crippen molar-refractivity contribution in [2.75, 3.05) is 0 Å². The zero-order valence-electron chi connectivity index (χ0n) is 7.64. The first-order chi connectivity index (χ1) is 7.22. The number of H-pyrrole nitrogens is 1. The molecule has 0 bridgehead atoms. The summed E-state index contributed by atoms with van der Waals surface area (Å²) in [5.74, 6) is 0.0749. The highest BCUT2D eigenvalue weighted by Gasteiger charge is 2.06. The summed E-state index contributed by atoms with van der Waals surface area (Å²) >= 11 is 4.99. The van der Waals surface area contributed by atoms with Crippen molar-refractivity contribution in [1.82, 2.24) is 14.8 Å². The average molecular weight is 225 g/mol. The molecule has 0 saturated carbocycles. The Hall–Kier alpha value is -1.53. The predicted molar refractivity (Wildman–Crippen MR) is 54.6 cm³/mol. The number of hydrogen-bond acceptors (Lipinski definition) is 3. The van der Waals surface area contributed by atoms with Crippen LogP contribution in [0, 0.1) is 10.6 Å². The first-order valence-electron chi connectivity index (χ1n) is 4.25. The van der Waals surface area contributed by atoms with E-state index in [4.69, 9.17) is 17.3 Å². The number of hydrogen-bond donors (Lipinski definition) is 2. The van der Waals surface area contributed by atoms with E-state index in [9.17, 15) is 4.39 Å². The van der Waals surface area contributed by atoms with Gasteiger partial charge < -0.3 is 5.11 Å². The summed E-state index contributed by atoms with van der Waals surface area (Å²) in [4.78, 5) is 0. The number of rotatable bonds is 2. The Morgan fingerprint density at radius 1 is 1.40 bits per heavy atom. The first-order valence-corrected chi connectivity index (χ1v) is 4.66. The maximum atomic E-state index is 12.7. The normalized spacial score (nSPS) is 10.5. The molecular weight excluding hydrogens is 217 g/mol. The summed E-state index contributed by atoms with van der Waals surface area (Å²) in [5.41, 5.74) is 0.666. The Morgan fingerprint density at radius 3 is 2.67 bits per heavy atom. The lowest BCUT2D eigenvalue weighted by Gasteiger charge is -2.04. The van der Waals surface area contributed by atoms with Gasteiger partial charge in [0.25, 0.3) is 0 Å². The minimum absolute atomic E-state index is 0.232. The van der Waals surface area contributed by atoms with Crippen LogP contribution in [0.1, 0.15) is 5.82 Å². The lowest BCUT2D eigenvalue weighted by Crippen LogP contribution is -2.01. The van der Waals surface area contributed by atoms with Crippen LogP contribution in [0.4, 0.5) is 4.39 Å². The van der Waals surface area contributed by atoms with Crippen LogP contribution in [0.25, 0.3) is 5.69 Å². The molecule has 2 N–H and O–H groups in total. The van der Waals surface area contributed by atoms with Crippen LogP contribution in [0.15, 0.2) is 24.3 Å². The van der Waals surface area contributed by atoms with Crippen molar-refractivity contribution in [3.8, 4) is 5.69 Å². The fourth-order valence-electron chi connectivity index (χ4n) is 1.29. The van der Waals surface area contributed by atoms with Gasteiger partial charge in [0.15, 0.2) is 10.6 Å². The van der Waals surface area contributed by atoms with E-state index in [-0.39, 0.29) is 12.4 Å². The Morgan fingerprint density at radius 2 is 2.07 bits per heavy atom. The van der Waals surface area contributed by atoms with E-state index < -0.39 is 0 Å². The van der Waals surface area contributed by atoms with Crippen molar-refractivity contribution >= 4 is 12.2 Å². The molecule has 2 aromatic rings. The number of aromatic amines is 1. The van der Waals surface area contributed by atoms with Gasteiger partial charge in [-0.2, -0.15) is 5.10 Å². The number of aliphatic hydroxyl groups excluding tert-OH is 1. The van der Waals surface area contributed by atoms with E-state index in [2.05, 4.69) is 10.2 Å². The summed E-state index contributed by atoms with van der Waals surface area (Å²) in [7, 11) is 0. The van der Waals surface area contributed by atoms with Crippen LogP contribution in [-0.2, 0) is 6.61 Å². The van der Waals surface area contributed by atoms with Crippen LogP contribution < -0.4 is 0 Å². The van der Waals surface area contributed by atoms with Gasteiger partial charge in [-0.05, 0) is 36.5 Å². The topological polar surface area (TPSA) is 53.8 Å². The highest BCUT2D eigenvalue weighted by atomic mass is 32.1. The van der Waals surface area contributed by atoms with Crippen LogP contribution in [0.3, 0.4) is 0 Å². The van der Waals surface area contributed by atoms with E-state index in [0.29, 0.717) is 16.3 Å². The van der Waals surface area contributed by atoms with Crippen molar-refractivity contribution in [2.45, 2.75) is 6.61 Å². The Labute approximate surface area is 90.0 Å². The second-order valence-corrected chi connectivity index (χ2v) is 3.30. The monoisotopic (exact) mass is 225 g/mol. The molecule has 0 spiro atoms. The molecule has 1 aromatic heterocycles. The fraction of sp³-hybridized carbons (Fsp3) is 0.111. The van der Waals surface area contributed by atoms with Crippen LogP contribution in [0.2, 0.25) is 0 Å². The fourth-order valence-corrected chi connectivity index (χ4v) is 1.55. The molecule has 4 nitrogen and oxygen atoms in total. The van der Waals surface area contributed by atoms with E-state index >= 15 is 0 Å². The van der Waals surface area contributed by atoms with Crippen LogP contribution >= 0.6 is 12.2 Å². The summed E-state index contributed by atoms with van der Waals surface area (Å²) in [6.45, 7) is -0.232. The minimum Gasteiger partial charge on any atom is -0.388 e. The third kappa shape index (κ3) is 1.81. The zero-order valence-corrected chi connectivity index (χ0v) is 8.46. The van der Waals surface area contributed by atoms with E-state index in [1.807, 2.05) is 0 Å².